The van der Waals surface area contributed by atoms with Crippen LogP contribution in [0, 0.1) is 5.41 Å². The number of allylic oxidation sites excluding steroid dienone is 3. The van der Waals surface area contributed by atoms with Crippen LogP contribution in [0.5, 0.6) is 0 Å². The number of aliphatic imine (C=N–C) groups is 1. The van der Waals surface area contributed by atoms with E-state index in [1.54, 1.807) is 13.0 Å². The zero-order valence-corrected chi connectivity index (χ0v) is 20.5. The summed E-state index contributed by atoms with van der Waals surface area (Å²) in [5.41, 5.74) is 8.31. The number of Topliss-reactive ketones (excluding diaryl/α,β-unsaturated/α-hetero) is 1. The van der Waals surface area contributed by atoms with Gasteiger partial charge in [0.15, 0.2) is 5.78 Å². The molecule has 0 heterocycles. The van der Waals surface area contributed by atoms with E-state index in [1.165, 1.54) is 6.21 Å². The maximum absolute atomic E-state index is 11.6. The Morgan fingerprint density at radius 3 is 2.26 bits per heavy atom. The minimum atomic E-state index is 0.0454. The molecule has 35 heavy (non-hydrogen) atoms. The second kappa shape index (κ2) is 12.2. The lowest BCUT2D eigenvalue weighted by Gasteiger charge is -2.17. The fourth-order valence-electron chi connectivity index (χ4n) is 3.67. The molecule has 0 aliphatic heterocycles. The molecule has 0 saturated carbocycles. The van der Waals surface area contributed by atoms with Gasteiger partial charge in [-0.3, -0.25) is 9.79 Å². The van der Waals surface area contributed by atoms with Gasteiger partial charge in [0.1, 0.15) is 0 Å². The van der Waals surface area contributed by atoms with E-state index in [9.17, 15) is 4.79 Å². The number of carbonyl (C=O) groups is 1. The summed E-state index contributed by atoms with van der Waals surface area (Å²) in [5, 5.41) is 10.6. The Hall–Kier alpha value is -4.31. The first kappa shape index (κ1) is 25.3. The number of ketones is 1. The predicted octanol–water partition coefficient (Wildman–Crippen LogP) is 7.41. The van der Waals surface area contributed by atoms with Crippen molar-refractivity contribution in [1.82, 2.24) is 5.32 Å². The standard InChI is InChI=1S/C31H31N3O/c1-22(11-8-9-20-32)21-33-24(3)31-29(28-12-6-5-7-13-28)14-10-15-30(31)34-23(2)26-16-18-27(19-17-26)25(4)35/h5-20,32-33H,3,21H2,1-2,4H3/b9-8-,22-11+,32-20?,34-23+. The molecule has 4 nitrogen and oxygen atoms in total. The Labute approximate surface area is 208 Å². The van der Waals surface area contributed by atoms with Gasteiger partial charge >= 0.3 is 0 Å². The summed E-state index contributed by atoms with van der Waals surface area (Å²) in [5.74, 6) is 0.0454. The van der Waals surface area contributed by atoms with E-state index in [2.05, 4.69) is 30.1 Å². The summed E-state index contributed by atoms with van der Waals surface area (Å²) < 4.78 is 0. The lowest BCUT2D eigenvalue weighted by molar-refractivity contribution is 0.101. The van der Waals surface area contributed by atoms with Crippen LogP contribution in [0.25, 0.3) is 16.8 Å². The molecule has 176 valence electrons. The summed E-state index contributed by atoms with van der Waals surface area (Å²) in [6.45, 7) is 10.5. The summed E-state index contributed by atoms with van der Waals surface area (Å²) in [4.78, 5) is 16.6. The van der Waals surface area contributed by atoms with Crippen molar-refractivity contribution in [3.8, 4) is 11.1 Å². The van der Waals surface area contributed by atoms with Crippen molar-refractivity contribution >= 4 is 29.1 Å². The monoisotopic (exact) mass is 461 g/mol. The molecule has 0 spiro atoms. The molecule has 0 unspecified atom stereocenters. The number of carbonyl (C=O) groups excluding carboxylic acids is 1. The number of benzene rings is 3. The van der Waals surface area contributed by atoms with E-state index in [0.717, 1.165) is 44.9 Å². The highest BCUT2D eigenvalue weighted by Crippen LogP contribution is 2.35. The summed E-state index contributed by atoms with van der Waals surface area (Å²) in [6, 6.07) is 23.8. The van der Waals surface area contributed by atoms with Crippen LogP contribution in [0.3, 0.4) is 0 Å². The topological polar surface area (TPSA) is 65.3 Å². The minimum Gasteiger partial charge on any atom is -0.381 e. The first-order valence-corrected chi connectivity index (χ1v) is 11.5. The summed E-state index contributed by atoms with van der Waals surface area (Å²) >= 11 is 0. The van der Waals surface area contributed by atoms with E-state index in [0.29, 0.717) is 12.1 Å². The van der Waals surface area contributed by atoms with Gasteiger partial charge in [-0.25, -0.2) is 0 Å². The number of nitrogens with one attached hydrogen (secondary N) is 2. The van der Waals surface area contributed by atoms with Crippen molar-refractivity contribution in [2.45, 2.75) is 20.8 Å². The Balaban J connectivity index is 2.01. The second-order valence-electron chi connectivity index (χ2n) is 8.29. The second-order valence-corrected chi connectivity index (χ2v) is 8.29. The molecule has 0 aliphatic rings. The SMILES string of the molecule is C=C(NC/C(C)=C/C=C\C=N)c1c(/N=C(\C)c2ccc(C(C)=O)cc2)cccc1-c1ccccc1. The Kier molecular flexibility index (Phi) is 8.85. The quantitative estimate of drug-likeness (QED) is 0.188. The van der Waals surface area contributed by atoms with Crippen LogP contribution in [0.4, 0.5) is 5.69 Å². The van der Waals surface area contributed by atoms with Gasteiger partial charge in [-0.15, -0.1) is 0 Å². The van der Waals surface area contributed by atoms with Gasteiger partial charge in [-0.1, -0.05) is 91.0 Å². The molecule has 2 N–H and O–H groups in total. The third-order valence-electron chi connectivity index (χ3n) is 5.60. The number of hydrogen-bond acceptors (Lipinski definition) is 4. The van der Waals surface area contributed by atoms with Crippen molar-refractivity contribution in [3.63, 3.8) is 0 Å². The molecular weight excluding hydrogens is 430 g/mol. The Bertz CT molecular complexity index is 1300. The normalized spacial score (nSPS) is 12.0. The third kappa shape index (κ3) is 6.84. The van der Waals surface area contributed by atoms with Crippen molar-refractivity contribution in [1.29, 1.82) is 5.41 Å². The van der Waals surface area contributed by atoms with E-state index < -0.39 is 0 Å². The highest BCUT2D eigenvalue weighted by molar-refractivity contribution is 6.02. The van der Waals surface area contributed by atoms with Gasteiger partial charge in [0.05, 0.1) is 5.69 Å². The van der Waals surface area contributed by atoms with Gasteiger partial charge in [-0.2, -0.15) is 0 Å². The van der Waals surface area contributed by atoms with E-state index >= 15 is 0 Å². The molecule has 0 aromatic heterocycles. The van der Waals surface area contributed by atoms with Crippen LogP contribution in [0.1, 0.15) is 42.3 Å². The molecule has 4 heteroatoms. The van der Waals surface area contributed by atoms with E-state index in [1.807, 2.05) is 80.6 Å². The molecule has 0 radical (unpaired) electrons. The van der Waals surface area contributed by atoms with Crippen LogP contribution in [0.15, 0.2) is 108 Å². The van der Waals surface area contributed by atoms with Crippen molar-refractivity contribution < 1.29 is 4.79 Å². The van der Waals surface area contributed by atoms with Gasteiger partial charge in [0.2, 0.25) is 0 Å². The maximum Gasteiger partial charge on any atom is 0.159 e. The maximum atomic E-state index is 11.6. The zero-order valence-electron chi connectivity index (χ0n) is 20.5. The van der Waals surface area contributed by atoms with Crippen LogP contribution >= 0.6 is 0 Å². The lowest BCUT2D eigenvalue weighted by atomic mass is 9.96. The largest absolute Gasteiger partial charge is 0.381 e. The fourth-order valence-corrected chi connectivity index (χ4v) is 3.67. The smallest absolute Gasteiger partial charge is 0.159 e. The van der Waals surface area contributed by atoms with Crippen molar-refractivity contribution in [2.24, 2.45) is 4.99 Å². The summed E-state index contributed by atoms with van der Waals surface area (Å²) in [7, 11) is 0. The average molecular weight is 462 g/mol. The predicted molar refractivity (Wildman–Crippen MR) is 149 cm³/mol. The van der Waals surface area contributed by atoms with E-state index in [-0.39, 0.29) is 5.78 Å². The molecule has 3 aromatic rings. The molecule has 0 amide bonds. The molecular formula is C31H31N3O. The molecule has 0 saturated heterocycles. The Morgan fingerprint density at radius 1 is 0.914 bits per heavy atom. The first-order chi connectivity index (χ1) is 16.9. The lowest BCUT2D eigenvalue weighted by Crippen LogP contribution is -2.14. The number of nitrogens with zero attached hydrogens (tertiary/aromatic N) is 1. The summed E-state index contributed by atoms with van der Waals surface area (Å²) in [6.07, 6.45) is 6.76. The van der Waals surface area contributed by atoms with Crippen LogP contribution in [-0.4, -0.2) is 24.3 Å². The molecule has 0 bridgehead atoms. The highest BCUT2D eigenvalue weighted by atomic mass is 16.1. The first-order valence-electron chi connectivity index (χ1n) is 11.5. The van der Waals surface area contributed by atoms with Gasteiger partial charge < -0.3 is 10.7 Å². The molecule has 3 aromatic carbocycles. The van der Waals surface area contributed by atoms with Crippen LogP contribution < -0.4 is 5.32 Å². The number of hydrogen-bond donors (Lipinski definition) is 2. The molecule has 0 fully saturated rings. The van der Waals surface area contributed by atoms with Crippen LogP contribution in [-0.2, 0) is 0 Å². The zero-order chi connectivity index (χ0) is 25.2. The molecule has 0 atom stereocenters. The highest BCUT2D eigenvalue weighted by Gasteiger charge is 2.14. The Morgan fingerprint density at radius 2 is 1.60 bits per heavy atom. The molecule has 3 rings (SSSR count). The minimum absolute atomic E-state index is 0.0454. The van der Waals surface area contributed by atoms with Gasteiger partial charge in [0, 0.05) is 35.3 Å². The van der Waals surface area contributed by atoms with Gasteiger partial charge in [-0.05, 0) is 49.6 Å². The fraction of sp³-hybridized carbons (Fsp3) is 0.129. The van der Waals surface area contributed by atoms with Gasteiger partial charge in [0.25, 0.3) is 0 Å². The average Bonchev–Trinajstić information content (AvgIpc) is 2.88. The number of rotatable bonds is 10. The van der Waals surface area contributed by atoms with Crippen molar-refractivity contribution in [3.05, 3.63) is 120 Å². The third-order valence-corrected chi connectivity index (χ3v) is 5.60. The van der Waals surface area contributed by atoms with E-state index in [4.69, 9.17) is 10.4 Å². The van der Waals surface area contributed by atoms with Crippen molar-refractivity contribution in [2.75, 3.05) is 6.54 Å². The van der Waals surface area contributed by atoms with Crippen LogP contribution in [0.2, 0.25) is 0 Å². The molecule has 0 aliphatic carbocycles.